The number of ether oxygens (including phenoxy) is 1. The van der Waals surface area contributed by atoms with Crippen molar-refractivity contribution in [2.75, 3.05) is 11.9 Å². The number of hydrogen-bond donors (Lipinski definition) is 4. The topological polar surface area (TPSA) is 109 Å². The number of carbonyl (C=O) groups excluding carboxylic acids is 3. The highest BCUT2D eigenvalue weighted by Crippen LogP contribution is 2.16. The van der Waals surface area contributed by atoms with E-state index in [1.807, 2.05) is 38.1 Å². The van der Waals surface area contributed by atoms with E-state index in [2.05, 4.69) is 21.5 Å². The number of amides is 3. The van der Waals surface area contributed by atoms with Gasteiger partial charge in [0.15, 0.2) is 11.7 Å². The minimum absolute atomic E-state index is 0.00483. The Kier molecular flexibility index (Phi) is 8.76. The van der Waals surface area contributed by atoms with E-state index in [4.69, 9.17) is 17.0 Å². The predicted molar refractivity (Wildman–Crippen MR) is 118 cm³/mol. The normalized spacial score (nSPS) is 9.93. The summed E-state index contributed by atoms with van der Waals surface area (Å²) in [5, 5.41) is 5.07. The van der Waals surface area contributed by atoms with Gasteiger partial charge >= 0.3 is 0 Å². The molecule has 0 saturated heterocycles. The number of carbonyl (C=O) groups is 3. The molecule has 8 nitrogen and oxygen atoms in total. The third-order valence-corrected chi connectivity index (χ3v) is 4.12. The lowest BCUT2D eigenvalue weighted by Gasteiger charge is -2.12. The molecule has 0 aromatic heterocycles. The smallest absolute Gasteiger partial charge is 0.264 e. The Hall–Kier alpha value is -3.46. The van der Waals surface area contributed by atoms with Crippen LogP contribution in [0.25, 0.3) is 0 Å². The van der Waals surface area contributed by atoms with E-state index in [9.17, 15) is 14.4 Å². The van der Waals surface area contributed by atoms with Crippen LogP contribution in [0.2, 0.25) is 0 Å². The quantitative estimate of drug-likeness (QED) is 0.397. The molecule has 2 aromatic rings. The molecule has 0 aliphatic carbocycles. The lowest BCUT2D eigenvalue weighted by molar-refractivity contribution is -0.125. The zero-order chi connectivity index (χ0) is 21.9. The van der Waals surface area contributed by atoms with E-state index < -0.39 is 11.8 Å². The van der Waals surface area contributed by atoms with Crippen LogP contribution in [0.1, 0.15) is 24.0 Å². The minimum Gasteiger partial charge on any atom is -0.484 e. The standard InChI is InChI=1S/C21H24N4O4S/c1-14-8-9-17(15(2)12-14)22-18(26)10-11-19(27)24-25-21(30)23-20(28)13-29-16-6-4-3-5-7-16/h3-9,12H,10-11,13H2,1-2H3,(H,22,26)(H,24,27)(H2,23,25,28,30). The van der Waals surface area contributed by atoms with Crippen LogP contribution < -0.4 is 26.2 Å². The number of hydrazine groups is 1. The zero-order valence-corrected chi connectivity index (χ0v) is 17.6. The number of hydrogen-bond acceptors (Lipinski definition) is 5. The molecule has 0 spiro atoms. The van der Waals surface area contributed by atoms with Gasteiger partial charge in [0.25, 0.3) is 5.91 Å². The van der Waals surface area contributed by atoms with E-state index in [1.165, 1.54) is 0 Å². The Morgan fingerprint density at radius 3 is 2.30 bits per heavy atom. The maximum Gasteiger partial charge on any atom is 0.264 e. The van der Waals surface area contributed by atoms with Crippen LogP contribution in [0.4, 0.5) is 5.69 Å². The summed E-state index contributed by atoms with van der Waals surface area (Å²) in [6.45, 7) is 3.65. The van der Waals surface area contributed by atoms with Crippen molar-refractivity contribution in [3.63, 3.8) is 0 Å². The highest BCUT2D eigenvalue weighted by molar-refractivity contribution is 7.80. The Bertz CT molecular complexity index is 918. The molecule has 4 N–H and O–H groups in total. The van der Waals surface area contributed by atoms with Crippen LogP contribution in [0.5, 0.6) is 5.75 Å². The largest absolute Gasteiger partial charge is 0.484 e. The summed E-state index contributed by atoms with van der Waals surface area (Å²) in [6.07, 6.45) is -0.0394. The summed E-state index contributed by atoms with van der Waals surface area (Å²) in [6, 6.07) is 14.6. The highest BCUT2D eigenvalue weighted by atomic mass is 32.1. The second kappa shape index (κ2) is 11.5. The van der Waals surface area contributed by atoms with Crippen LogP contribution >= 0.6 is 12.2 Å². The van der Waals surface area contributed by atoms with Crippen LogP contribution in [-0.2, 0) is 14.4 Å². The first-order valence-corrected chi connectivity index (χ1v) is 9.68. The molecular weight excluding hydrogens is 404 g/mol. The van der Waals surface area contributed by atoms with Gasteiger partial charge in [0.05, 0.1) is 0 Å². The van der Waals surface area contributed by atoms with Crippen molar-refractivity contribution in [2.24, 2.45) is 0 Å². The summed E-state index contributed by atoms with van der Waals surface area (Å²) < 4.78 is 5.29. The number of para-hydroxylation sites is 1. The number of benzene rings is 2. The molecular formula is C21H24N4O4S. The Labute approximate surface area is 180 Å². The van der Waals surface area contributed by atoms with Gasteiger partial charge < -0.3 is 10.1 Å². The summed E-state index contributed by atoms with van der Waals surface area (Å²) >= 11 is 4.93. The monoisotopic (exact) mass is 428 g/mol. The zero-order valence-electron chi connectivity index (χ0n) is 16.8. The molecule has 0 radical (unpaired) electrons. The third kappa shape index (κ3) is 8.27. The first kappa shape index (κ1) is 22.8. The maximum absolute atomic E-state index is 12.0. The van der Waals surface area contributed by atoms with Gasteiger partial charge in [0.2, 0.25) is 11.8 Å². The molecule has 9 heteroatoms. The highest BCUT2D eigenvalue weighted by Gasteiger charge is 2.10. The van der Waals surface area contributed by atoms with Crippen LogP contribution in [0.15, 0.2) is 48.5 Å². The summed E-state index contributed by atoms with van der Waals surface area (Å²) in [5.74, 6) is -0.633. The molecule has 2 rings (SSSR count). The van der Waals surface area contributed by atoms with E-state index >= 15 is 0 Å². The van der Waals surface area contributed by atoms with Crippen LogP contribution in [0, 0.1) is 13.8 Å². The third-order valence-electron chi connectivity index (χ3n) is 3.92. The molecule has 158 valence electrons. The molecule has 2 aromatic carbocycles. The van der Waals surface area contributed by atoms with E-state index in [0.29, 0.717) is 11.4 Å². The van der Waals surface area contributed by atoms with Gasteiger partial charge in [-0.3, -0.25) is 30.6 Å². The molecule has 0 heterocycles. The lowest BCUT2D eigenvalue weighted by atomic mass is 10.1. The van der Waals surface area contributed by atoms with Crippen molar-refractivity contribution in [1.29, 1.82) is 0 Å². The summed E-state index contributed by atoms with van der Waals surface area (Å²) in [4.78, 5) is 35.7. The van der Waals surface area contributed by atoms with E-state index in [0.717, 1.165) is 11.1 Å². The summed E-state index contributed by atoms with van der Waals surface area (Å²) in [7, 11) is 0. The predicted octanol–water partition coefficient (Wildman–Crippen LogP) is 2.12. The Morgan fingerprint density at radius 1 is 0.900 bits per heavy atom. The Morgan fingerprint density at radius 2 is 1.60 bits per heavy atom. The van der Waals surface area contributed by atoms with Gasteiger partial charge in [-0.15, -0.1) is 0 Å². The fraction of sp³-hybridized carbons (Fsp3) is 0.238. The first-order chi connectivity index (χ1) is 14.3. The molecule has 0 aliphatic heterocycles. The number of aryl methyl sites for hydroxylation is 2. The van der Waals surface area contributed by atoms with Crippen LogP contribution in [0.3, 0.4) is 0 Å². The van der Waals surface area contributed by atoms with Crippen molar-refractivity contribution in [3.8, 4) is 5.75 Å². The van der Waals surface area contributed by atoms with Gasteiger partial charge in [-0.25, -0.2) is 0 Å². The molecule has 0 unspecified atom stereocenters. The minimum atomic E-state index is -0.474. The average molecular weight is 429 g/mol. The fourth-order valence-electron chi connectivity index (χ4n) is 2.44. The number of rotatable bonds is 7. The molecule has 30 heavy (non-hydrogen) atoms. The van der Waals surface area contributed by atoms with E-state index in [1.54, 1.807) is 24.3 Å². The number of anilines is 1. The molecule has 0 saturated carbocycles. The number of nitrogens with one attached hydrogen (secondary N) is 4. The van der Waals surface area contributed by atoms with Crippen molar-refractivity contribution >= 4 is 40.7 Å². The van der Waals surface area contributed by atoms with Crippen molar-refractivity contribution in [3.05, 3.63) is 59.7 Å². The molecule has 0 atom stereocenters. The first-order valence-electron chi connectivity index (χ1n) is 9.27. The maximum atomic E-state index is 12.0. The number of thiocarbonyl (C=S) groups is 1. The second-order valence-corrected chi connectivity index (χ2v) is 6.93. The molecule has 0 aliphatic rings. The van der Waals surface area contributed by atoms with E-state index in [-0.39, 0.29) is 30.5 Å². The van der Waals surface area contributed by atoms with Crippen LogP contribution in [-0.4, -0.2) is 29.4 Å². The van der Waals surface area contributed by atoms with Crippen molar-refractivity contribution in [1.82, 2.24) is 16.2 Å². The van der Waals surface area contributed by atoms with Gasteiger partial charge in [-0.2, -0.15) is 0 Å². The molecule has 3 amide bonds. The van der Waals surface area contributed by atoms with Crippen molar-refractivity contribution in [2.45, 2.75) is 26.7 Å². The van der Waals surface area contributed by atoms with Gasteiger partial charge in [0, 0.05) is 18.5 Å². The molecule has 0 bridgehead atoms. The summed E-state index contributed by atoms with van der Waals surface area (Å²) in [5.41, 5.74) is 7.51. The van der Waals surface area contributed by atoms with Gasteiger partial charge in [-0.1, -0.05) is 35.9 Å². The Balaban J connectivity index is 1.63. The SMILES string of the molecule is Cc1ccc(NC(=O)CCC(=O)NNC(=S)NC(=O)COc2ccccc2)c(C)c1. The lowest BCUT2D eigenvalue weighted by Crippen LogP contribution is -2.49. The van der Waals surface area contributed by atoms with Gasteiger partial charge in [0.1, 0.15) is 5.75 Å². The molecule has 0 fully saturated rings. The second-order valence-electron chi connectivity index (χ2n) is 6.52. The van der Waals surface area contributed by atoms with Crippen molar-refractivity contribution < 1.29 is 19.1 Å². The average Bonchev–Trinajstić information content (AvgIpc) is 2.72. The van der Waals surface area contributed by atoms with Gasteiger partial charge in [-0.05, 0) is 49.8 Å². The fourth-order valence-corrected chi connectivity index (χ4v) is 2.61.